The molecule has 0 spiro atoms. The van der Waals surface area contributed by atoms with Crippen LogP contribution in [0.5, 0.6) is 0 Å². The summed E-state index contributed by atoms with van der Waals surface area (Å²) in [5.74, 6) is 0.297. The number of benzene rings is 2. The zero-order valence-corrected chi connectivity index (χ0v) is 18.8. The molecule has 9 heteroatoms. The maximum Gasteiger partial charge on any atom is 0.234 e. The lowest BCUT2D eigenvalue weighted by Crippen LogP contribution is -2.37. The smallest absolute Gasteiger partial charge is 0.234 e. The van der Waals surface area contributed by atoms with Crippen molar-refractivity contribution in [1.82, 2.24) is 14.8 Å². The van der Waals surface area contributed by atoms with Crippen molar-refractivity contribution < 1.29 is 13.9 Å². The summed E-state index contributed by atoms with van der Waals surface area (Å²) in [6, 6.07) is 14.2. The van der Waals surface area contributed by atoms with E-state index in [1.807, 2.05) is 24.3 Å². The third kappa shape index (κ3) is 5.46. The predicted octanol–water partition coefficient (Wildman–Crippen LogP) is 3.93. The second-order valence-corrected chi connectivity index (χ2v) is 8.42. The molecule has 1 amide bonds. The highest BCUT2D eigenvalue weighted by atomic mass is 32.2. The fourth-order valence-electron chi connectivity index (χ4n) is 3.54. The largest absolute Gasteiger partial charge is 0.378 e. The lowest BCUT2D eigenvalue weighted by molar-refractivity contribution is -0.113. The lowest BCUT2D eigenvalue weighted by atomic mass is 10.1. The van der Waals surface area contributed by atoms with Crippen LogP contribution in [0, 0.1) is 5.82 Å². The summed E-state index contributed by atoms with van der Waals surface area (Å²) in [5, 5.41) is 12.1. The highest BCUT2D eigenvalue weighted by Crippen LogP contribution is 2.27. The topological polar surface area (TPSA) is 72.3 Å². The number of nitrogens with zero attached hydrogens (tertiary/aromatic N) is 4. The van der Waals surface area contributed by atoms with Crippen LogP contribution >= 0.6 is 11.8 Å². The zero-order valence-electron chi connectivity index (χ0n) is 18.0. The van der Waals surface area contributed by atoms with Crippen molar-refractivity contribution in [3.05, 3.63) is 59.9 Å². The highest BCUT2D eigenvalue weighted by molar-refractivity contribution is 7.99. The van der Waals surface area contributed by atoms with E-state index in [1.165, 1.54) is 29.5 Å². The minimum absolute atomic E-state index is 0.139. The van der Waals surface area contributed by atoms with Crippen molar-refractivity contribution in [2.24, 2.45) is 0 Å². The minimum atomic E-state index is -0.343. The van der Waals surface area contributed by atoms with Gasteiger partial charge in [0.25, 0.3) is 0 Å². The normalized spacial score (nSPS) is 13.9. The Morgan fingerprint density at radius 1 is 1.16 bits per heavy atom. The van der Waals surface area contributed by atoms with Gasteiger partial charge in [0.2, 0.25) is 11.9 Å². The SMILES string of the molecule is CCCc1ccc(NC(=O)CSc2nnc(N3CCOCC3)n2-c2cccc(F)c2)cc1. The molecule has 168 valence electrons. The average molecular weight is 456 g/mol. The van der Waals surface area contributed by atoms with Gasteiger partial charge < -0.3 is 15.0 Å². The Labute approximate surface area is 191 Å². The number of carbonyl (C=O) groups is 1. The molecule has 1 aromatic heterocycles. The molecule has 0 aliphatic carbocycles. The second kappa shape index (κ2) is 10.6. The van der Waals surface area contributed by atoms with E-state index in [0.717, 1.165) is 18.5 Å². The number of anilines is 2. The van der Waals surface area contributed by atoms with E-state index in [0.29, 0.717) is 43.1 Å². The Morgan fingerprint density at radius 3 is 2.66 bits per heavy atom. The molecule has 4 rings (SSSR count). The molecule has 1 fully saturated rings. The van der Waals surface area contributed by atoms with Crippen LogP contribution in [0.15, 0.2) is 53.7 Å². The van der Waals surface area contributed by atoms with Gasteiger partial charge in [0.05, 0.1) is 24.7 Å². The van der Waals surface area contributed by atoms with Crippen molar-refractivity contribution >= 4 is 29.3 Å². The molecule has 1 N–H and O–H groups in total. The van der Waals surface area contributed by atoms with Crippen LogP contribution in [-0.4, -0.2) is 52.7 Å². The molecule has 3 aromatic rings. The summed E-state index contributed by atoms with van der Waals surface area (Å²) in [5.41, 5.74) is 2.63. The number of rotatable bonds is 8. The van der Waals surface area contributed by atoms with Crippen LogP contribution in [0.1, 0.15) is 18.9 Å². The van der Waals surface area contributed by atoms with Crippen molar-refractivity contribution in [2.75, 3.05) is 42.3 Å². The van der Waals surface area contributed by atoms with Crippen molar-refractivity contribution in [2.45, 2.75) is 24.9 Å². The monoisotopic (exact) mass is 455 g/mol. The number of amides is 1. The molecule has 32 heavy (non-hydrogen) atoms. The molecule has 2 heterocycles. The van der Waals surface area contributed by atoms with Gasteiger partial charge in [-0.05, 0) is 42.3 Å². The Morgan fingerprint density at radius 2 is 1.94 bits per heavy atom. The summed E-state index contributed by atoms with van der Waals surface area (Å²) in [6.45, 7) is 4.68. The van der Waals surface area contributed by atoms with Crippen molar-refractivity contribution in [1.29, 1.82) is 0 Å². The molecule has 0 atom stereocenters. The van der Waals surface area contributed by atoms with Gasteiger partial charge in [0.15, 0.2) is 5.16 Å². The van der Waals surface area contributed by atoms with Gasteiger partial charge in [-0.25, -0.2) is 4.39 Å². The summed E-state index contributed by atoms with van der Waals surface area (Å²) in [4.78, 5) is 14.6. The number of thioether (sulfide) groups is 1. The molecule has 0 radical (unpaired) electrons. The van der Waals surface area contributed by atoms with E-state index in [2.05, 4.69) is 27.3 Å². The Bertz CT molecular complexity index is 1050. The van der Waals surface area contributed by atoms with Crippen LogP contribution in [0.3, 0.4) is 0 Å². The van der Waals surface area contributed by atoms with Gasteiger partial charge in [0, 0.05) is 18.8 Å². The Hall–Kier alpha value is -2.91. The Balaban J connectivity index is 1.49. The molecule has 0 unspecified atom stereocenters. The number of aromatic nitrogens is 3. The molecule has 0 saturated carbocycles. The lowest BCUT2D eigenvalue weighted by Gasteiger charge is -2.27. The zero-order chi connectivity index (χ0) is 22.3. The molecule has 1 saturated heterocycles. The first-order chi connectivity index (χ1) is 15.6. The molecule has 0 bridgehead atoms. The molecular formula is C23H26FN5O2S. The number of hydrogen-bond acceptors (Lipinski definition) is 6. The number of morpholine rings is 1. The first-order valence-electron chi connectivity index (χ1n) is 10.7. The maximum atomic E-state index is 13.9. The van der Waals surface area contributed by atoms with E-state index < -0.39 is 0 Å². The van der Waals surface area contributed by atoms with Crippen LogP contribution < -0.4 is 10.2 Å². The van der Waals surface area contributed by atoms with Crippen LogP contribution in [0.2, 0.25) is 0 Å². The summed E-state index contributed by atoms with van der Waals surface area (Å²) < 4.78 is 21.2. The minimum Gasteiger partial charge on any atom is -0.378 e. The van der Waals surface area contributed by atoms with Crippen molar-refractivity contribution in [3.8, 4) is 5.69 Å². The van der Waals surface area contributed by atoms with Gasteiger partial charge >= 0.3 is 0 Å². The first-order valence-corrected chi connectivity index (χ1v) is 11.7. The van der Waals surface area contributed by atoms with E-state index in [1.54, 1.807) is 16.7 Å². The molecule has 1 aliphatic rings. The van der Waals surface area contributed by atoms with Gasteiger partial charge in [0.1, 0.15) is 5.82 Å². The van der Waals surface area contributed by atoms with Gasteiger partial charge in [-0.3, -0.25) is 9.36 Å². The number of aryl methyl sites for hydroxylation is 1. The van der Waals surface area contributed by atoms with Gasteiger partial charge in [-0.1, -0.05) is 43.3 Å². The van der Waals surface area contributed by atoms with E-state index in [-0.39, 0.29) is 17.5 Å². The fraction of sp³-hybridized carbons (Fsp3) is 0.348. The predicted molar refractivity (Wildman–Crippen MR) is 124 cm³/mol. The fourth-order valence-corrected chi connectivity index (χ4v) is 4.28. The first kappa shape index (κ1) is 22.3. The van der Waals surface area contributed by atoms with E-state index in [4.69, 9.17) is 4.74 Å². The molecular weight excluding hydrogens is 429 g/mol. The number of carbonyl (C=O) groups excluding carboxylic acids is 1. The van der Waals surface area contributed by atoms with Crippen LogP contribution in [0.25, 0.3) is 5.69 Å². The molecule has 7 nitrogen and oxygen atoms in total. The standard InChI is InChI=1S/C23H26FN5O2S/c1-2-4-17-7-9-19(10-8-17)25-21(30)16-32-23-27-26-22(28-11-13-31-14-12-28)29(23)20-6-3-5-18(24)15-20/h3,5-10,15H,2,4,11-14,16H2,1H3,(H,25,30). The summed E-state index contributed by atoms with van der Waals surface area (Å²) in [7, 11) is 0. The van der Waals surface area contributed by atoms with Crippen molar-refractivity contribution in [3.63, 3.8) is 0 Å². The van der Waals surface area contributed by atoms with Gasteiger partial charge in [-0.15, -0.1) is 10.2 Å². The quantitative estimate of drug-likeness (QED) is 0.519. The third-order valence-corrected chi connectivity index (χ3v) is 6.01. The highest BCUT2D eigenvalue weighted by Gasteiger charge is 2.22. The van der Waals surface area contributed by atoms with E-state index in [9.17, 15) is 9.18 Å². The second-order valence-electron chi connectivity index (χ2n) is 7.48. The molecule has 2 aromatic carbocycles. The molecule has 1 aliphatic heterocycles. The van der Waals surface area contributed by atoms with Crippen LogP contribution in [-0.2, 0) is 16.0 Å². The summed E-state index contributed by atoms with van der Waals surface area (Å²) >= 11 is 1.27. The van der Waals surface area contributed by atoms with Gasteiger partial charge in [-0.2, -0.15) is 0 Å². The number of ether oxygens (including phenoxy) is 1. The van der Waals surface area contributed by atoms with E-state index >= 15 is 0 Å². The summed E-state index contributed by atoms with van der Waals surface area (Å²) in [6.07, 6.45) is 2.10. The number of nitrogens with one attached hydrogen (secondary N) is 1. The third-order valence-electron chi connectivity index (χ3n) is 5.09. The Kier molecular flexibility index (Phi) is 7.39. The number of hydrogen-bond donors (Lipinski definition) is 1. The van der Waals surface area contributed by atoms with Crippen LogP contribution in [0.4, 0.5) is 16.0 Å². The number of halogens is 1. The maximum absolute atomic E-state index is 13.9. The average Bonchev–Trinajstić information content (AvgIpc) is 3.24.